The number of morpholine rings is 1. The van der Waals surface area contributed by atoms with Crippen LogP contribution in [0.1, 0.15) is 33.8 Å². The molecule has 156 valence electrons. The third-order valence-electron chi connectivity index (χ3n) is 5.08. The molecule has 2 heterocycles. The van der Waals surface area contributed by atoms with E-state index in [0.717, 1.165) is 31.4 Å². The number of ether oxygens (including phenoxy) is 2. The van der Waals surface area contributed by atoms with E-state index in [-0.39, 0.29) is 29.3 Å². The van der Waals surface area contributed by atoms with Gasteiger partial charge in [0.2, 0.25) is 10.0 Å². The maximum Gasteiger partial charge on any atom is 0.257 e. The molecule has 2 aromatic rings. The molecule has 0 radical (unpaired) electrons. The number of hydrogen-bond acceptors (Lipinski definition) is 7. The first-order valence-electron chi connectivity index (χ1n) is 9.55. The third kappa shape index (κ3) is 4.16. The summed E-state index contributed by atoms with van der Waals surface area (Å²) in [7, 11) is -2.39. The fraction of sp³-hybridized carbons (Fsp3) is 0.474. The number of carbonyl (C=O) groups excluding carboxylic acids is 1. The molecule has 2 aliphatic rings. The highest BCUT2D eigenvalue weighted by Crippen LogP contribution is 2.31. The topological polar surface area (TPSA) is 97.8 Å². The Morgan fingerprint density at radius 2 is 2.00 bits per heavy atom. The molecular formula is C19H23N3O5S2. The molecular weight excluding hydrogens is 414 g/mol. The summed E-state index contributed by atoms with van der Waals surface area (Å²) < 4.78 is 38.0. The number of methoxy groups -OCH3 is 1. The van der Waals surface area contributed by atoms with Crippen molar-refractivity contribution < 1.29 is 22.7 Å². The molecule has 0 bridgehead atoms. The van der Waals surface area contributed by atoms with E-state index in [4.69, 9.17) is 9.47 Å². The first kappa shape index (κ1) is 20.3. The Morgan fingerprint density at radius 3 is 2.72 bits per heavy atom. The summed E-state index contributed by atoms with van der Waals surface area (Å²) in [6.07, 6.45) is 4.19. The van der Waals surface area contributed by atoms with Crippen LogP contribution < -0.4 is 10.1 Å². The summed E-state index contributed by atoms with van der Waals surface area (Å²) in [5.41, 5.74) is 1.30. The molecule has 1 amide bonds. The van der Waals surface area contributed by atoms with Crippen molar-refractivity contribution >= 4 is 32.4 Å². The Balaban J connectivity index is 1.60. The van der Waals surface area contributed by atoms with Crippen molar-refractivity contribution in [2.45, 2.75) is 30.6 Å². The maximum absolute atomic E-state index is 13.1. The van der Waals surface area contributed by atoms with E-state index in [1.54, 1.807) is 6.07 Å². The smallest absolute Gasteiger partial charge is 0.257 e. The van der Waals surface area contributed by atoms with Gasteiger partial charge in [-0.3, -0.25) is 10.1 Å². The van der Waals surface area contributed by atoms with E-state index in [1.807, 2.05) is 0 Å². The van der Waals surface area contributed by atoms with E-state index >= 15 is 0 Å². The van der Waals surface area contributed by atoms with Crippen LogP contribution in [0.15, 0.2) is 23.1 Å². The number of nitrogens with zero attached hydrogens (tertiary/aromatic N) is 2. The van der Waals surface area contributed by atoms with Gasteiger partial charge in [-0.1, -0.05) is 0 Å². The van der Waals surface area contributed by atoms with Crippen molar-refractivity contribution in [1.82, 2.24) is 9.29 Å². The van der Waals surface area contributed by atoms with Gasteiger partial charge in [0.15, 0.2) is 5.13 Å². The first-order valence-corrected chi connectivity index (χ1v) is 11.8. The fourth-order valence-corrected chi connectivity index (χ4v) is 6.15. The van der Waals surface area contributed by atoms with Crippen molar-refractivity contribution in [1.29, 1.82) is 0 Å². The second-order valence-electron chi connectivity index (χ2n) is 6.93. The van der Waals surface area contributed by atoms with Crippen molar-refractivity contribution in [2.75, 3.05) is 38.7 Å². The molecule has 29 heavy (non-hydrogen) atoms. The predicted molar refractivity (Wildman–Crippen MR) is 109 cm³/mol. The van der Waals surface area contributed by atoms with Gasteiger partial charge in [0.05, 0.1) is 26.0 Å². The van der Waals surface area contributed by atoms with Crippen LogP contribution in [-0.2, 0) is 27.6 Å². The quantitative estimate of drug-likeness (QED) is 0.771. The standard InChI is InChI=1S/C19H23N3O5S2/c1-26-15-7-6-13(12-17(15)29(24,25)22-8-10-27-11-9-22)18(23)21-19-20-14-4-2-3-5-16(14)28-19/h6-7,12H,2-5,8-11H2,1H3,(H,20,21,23). The molecule has 1 saturated heterocycles. The summed E-state index contributed by atoms with van der Waals surface area (Å²) >= 11 is 1.49. The number of fused-ring (bicyclic) bond motifs is 1. The molecule has 0 spiro atoms. The van der Waals surface area contributed by atoms with Crippen molar-refractivity contribution in [3.8, 4) is 5.75 Å². The lowest BCUT2D eigenvalue weighted by Crippen LogP contribution is -2.40. The van der Waals surface area contributed by atoms with Gasteiger partial charge in [-0.25, -0.2) is 13.4 Å². The molecule has 0 atom stereocenters. The molecule has 0 unspecified atom stereocenters. The van der Waals surface area contributed by atoms with Gasteiger partial charge in [-0.2, -0.15) is 4.31 Å². The lowest BCUT2D eigenvalue weighted by atomic mass is 10.0. The lowest BCUT2D eigenvalue weighted by Gasteiger charge is -2.26. The first-order chi connectivity index (χ1) is 14.0. The van der Waals surface area contributed by atoms with Gasteiger partial charge < -0.3 is 9.47 Å². The summed E-state index contributed by atoms with van der Waals surface area (Å²) in [6.45, 7) is 1.23. The minimum absolute atomic E-state index is 0.0204. The number of benzene rings is 1. The molecule has 4 rings (SSSR count). The van der Waals surface area contributed by atoms with E-state index in [9.17, 15) is 13.2 Å². The molecule has 1 fully saturated rings. The number of thiazole rings is 1. The highest BCUT2D eigenvalue weighted by Gasteiger charge is 2.30. The monoisotopic (exact) mass is 437 g/mol. The number of hydrogen-bond donors (Lipinski definition) is 1. The second-order valence-corrected chi connectivity index (χ2v) is 9.92. The summed E-state index contributed by atoms with van der Waals surface area (Å²) in [4.78, 5) is 18.5. The number of amides is 1. The van der Waals surface area contributed by atoms with Crippen LogP contribution in [0.25, 0.3) is 0 Å². The number of carbonyl (C=O) groups is 1. The molecule has 1 aromatic heterocycles. The molecule has 1 N–H and O–H groups in total. The SMILES string of the molecule is COc1ccc(C(=O)Nc2nc3c(s2)CCCC3)cc1S(=O)(=O)N1CCOCC1. The Hall–Kier alpha value is -2.01. The van der Waals surface area contributed by atoms with Crippen molar-refractivity contribution in [3.05, 3.63) is 34.3 Å². The largest absolute Gasteiger partial charge is 0.495 e. The Kier molecular flexibility index (Phi) is 5.86. The average Bonchev–Trinajstić information content (AvgIpc) is 3.16. The molecule has 10 heteroatoms. The number of anilines is 1. The Morgan fingerprint density at radius 1 is 1.24 bits per heavy atom. The summed E-state index contributed by atoms with van der Waals surface area (Å²) in [5.74, 6) is -0.185. The lowest BCUT2D eigenvalue weighted by molar-refractivity contribution is 0.0729. The highest BCUT2D eigenvalue weighted by atomic mass is 32.2. The van der Waals surface area contributed by atoms with Gasteiger partial charge >= 0.3 is 0 Å². The van der Waals surface area contributed by atoms with Crippen LogP contribution in [0, 0.1) is 0 Å². The third-order valence-corrected chi connectivity index (χ3v) is 8.07. The molecule has 1 aliphatic heterocycles. The molecule has 8 nitrogen and oxygen atoms in total. The normalized spacial score (nSPS) is 17.6. The van der Waals surface area contributed by atoms with Crippen LogP contribution in [0.4, 0.5) is 5.13 Å². The van der Waals surface area contributed by atoms with Gasteiger partial charge in [0.1, 0.15) is 10.6 Å². The van der Waals surface area contributed by atoms with Crippen LogP contribution in [0.3, 0.4) is 0 Å². The van der Waals surface area contributed by atoms with Gasteiger partial charge in [-0.05, 0) is 43.9 Å². The summed E-state index contributed by atoms with van der Waals surface area (Å²) in [5, 5.41) is 3.36. The van der Waals surface area contributed by atoms with E-state index in [0.29, 0.717) is 18.3 Å². The van der Waals surface area contributed by atoms with Gasteiger partial charge in [0.25, 0.3) is 5.91 Å². The second kappa shape index (κ2) is 8.39. The minimum Gasteiger partial charge on any atom is -0.495 e. The zero-order valence-electron chi connectivity index (χ0n) is 16.1. The van der Waals surface area contributed by atoms with Crippen molar-refractivity contribution in [3.63, 3.8) is 0 Å². The maximum atomic E-state index is 13.1. The minimum atomic E-state index is -3.80. The molecule has 0 saturated carbocycles. The number of rotatable bonds is 5. The van der Waals surface area contributed by atoms with E-state index in [1.165, 1.54) is 39.8 Å². The zero-order valence-corrected chi connectivity index (χ0v) is 17.8. The van der Waals surface area contributed by atoms with Gasteiger partial charge in [0, 0.05) is 23.5 Å². The molecule has 1 aromatic carbocycles. The summed E-state index contributed by atoms with van der Waals surface area (Å²) in [6, 6.07) is 4.43. The van der Waals surface area contributed by atoms with Crippen LogP contribution >= 0.6 is 11.3 Å². The van der Waals surface area contributed by atoms with Crippen molar-refractivity contribution in [2.24, 2.45) is 0 Å². The van der Waals surface area contributed by atoms with Crippen LogP contribution in [-0.4, -0.2) is 57.0 Å². The highest BCUT2D eigenvalue weighted by molar-refractivity contribution is 7.89. The van der Waals surface area contributed by atoms with E-state index < -0.39 is 15.9 Å². The Labute approximate surface area is 173 Å². The predicted octanol–water partition coefficient (Wildman–Crippen LogP) is 2.30. The van der Waals surface area contributed by atoms with E-state index in [2.05, 4.69) is 10.3 Å². The number of nitrogens with one attached hydrogen (secondary N) is 1. The Bertz CT molecular complexity index is 989. The molecule has 1 aliphatic carbocycles. The van der Waals surface area contributed by atoms with Gasteiger partial charge in [-0.15, -0.1) is 11.3 Å². The number of aromatic nitrogens is 1. The average molecular weight is 438 g/mol. The van der Waals surface area contributed by atoms with Crippen LogP contribution in [0.5, 0.6) is 5.75 Å². The number of sulfonamides is 1. The zero-order chi connectivity index (χ0) is 20.4. The van der Waals surface area contributed by atoms with Crippen LogP contribution in [0.2, 0.25) is 0 Å². The number of aryl methyl sites for hydroxylation is 2. The fourth-order valence-electron chi connectivity index (χ4n) is 3.52.